The fourth-order valence-corrected chi connectivity index (χ4v) is 3.90. The third-order valence-electron chi connectivity index (χ3n) is 1.58. The van der Waals surface area contributed by atoms with Crippen molar-refractivity contribution in [2.45, 2.75) is 6.92 Å². The quantitative estimate of drug-likeness (QED) is 0.432. The van der Waals surface area contributed by atoms with Gasteiger partial charge in [0.25, 0.3) is 6.57 Å². The predicted molar refractivity (Wildman–Crippen MR) is 48.9 cm³/mol. The van der Waals surface area contributed by atoms with Crippen LogP contribution in [-0.2, 0) is 9.09 Å². The second kappa shape index (κ2) is 2.86. The minimum atomic E-state index is -2.36. The molecule has 4 heteroatoms. The van der Waals surface area contributed by atoms with Gasteiger partial charge in [-0.05, 0) is 6.92 Å². The molecular formula is C7H11O2PS. The zero-order valence-corrected chi connectivity index (χ0v) is 8.37. The van der Waals surface area contributed by atoms with Crippen molar-refractivity contribution in [3.05, 3.63) is 0 Å². The van der Waals surface area contributed by atoms with E-state index in [1.807, 2.05) is 6.92 Å². The molecule has 1 saturated heterocycles. The van der Waals surface area contributed by atoms with Gasteiger partial charge in [-0.1, -0.05) is 17.3 Å². The first-order valence-corrected chi connectivity index (χ1v) is 6.98. The maximum atomic E-state index is 11.3. The summed E-state index contributed by atoms with van der Waals surface area (Å²) in [6, 6.07) is 0. The minimum absolute atomic E-state index is 0.228. The number of rotatable bonds is 0. The molecule has 0 aliphatic carbocycles. The van der Waals surface area contributed by atoms with E-state index in [1.165, 1.54) is 11.4 Å². The lowest BCUT2D eigenvalue weighted by Gasteiger charge is -2.30. The molecule has 1 heterocycles. The Morgan fingerprint density at radius 2 is 2.45 bits per heavy atom. The lowest BCUT2D eigenvalue weighted by Crippen LogP contribution is -2.26. The molecule has 0 bridgehead atoms. The van der Waals surface area contributed by atoms with E-state index in [-0.39, 0.29) is 5.41 Å². The van der Waals surface area contributed by atoms with Crippen molar-refractivity contribution in [3.8, 4) is 12.3 Å². The molecule has 0 N–H and O–H groups in total. The highest BCUT2D eigenvalue weighted by atomic mass is 32.7. The Kier molecular flexibility index (Phi) is 2.39. The molecule has 2 nitrogen and oxygen atoms in total. The first-order chi connectivity index (χ1) is 4.97. The van der Waals surface area contributed by atoms with Crippen molar-refractivity contribution in [2.75, 3.05) is 19.0 Å². The molecule has 0 radical (unpaired) electrons. The van der Waals surface area contributed by atoms with Gasteiger partial charge in [-0.15, -0.1) is 6.42 Å². The molecule has 0 spiro atoms. The van der Waals surface area contributed by atoms with E-state index in [0.29, 0.717) is 6.61 Å². The van der Waals surface area contributed by atoms with Crippen LogP contribution in [0.25, 0.3) is 0 Å². The summed E-state index contributed by atoms with van der Waals surface area (Å²) >= 11 is 1.34. The van der Waals surface area contributed by atoms with Crippen molar-refractivity contribution in [1.29, 1.82) is 0 Å². The van der Waals surface area contributed by atoms with E-state index in [0.717, 1.165) is 5.75 Å². The molecule has 2 unspecified atom stereocenters. The molecule has 0 aromatic carbocycles. The summed E-state index contributed by atoms with van der Waals surface area (Å²) in [5, 5.41) is 0. The summed E-state index contributed by atoms with van der Waals surface area (Å²) in [4.78, 5) is 0. The highest BCUT2D eigenvalue weighted by Gasteiger charge is 2.34. The molecular weight excluding hydrogens is 179 g/mol. The van der Waals surface area contributed by atoms with E-state index < -0.39 is 6.57 Å². The van der Waals surface area contributed by atoms with Crippen molar-refractivity contribution >= 4 is 18.0 Å². The van der Waals surface area contributed by atoms with Crippen LogP contribution in [0.15, 0.2) is 0 Å². The van der Waals surface area contributed by atoms with E-state index in [9.17, 15) is 4.57 Å². The van der Waals surface area contributed by atoms with E-state index in [2.05, 4.69) is 5.92 Å². The van der Waals surface area contributed by atoms with E-state index in [1.54, 1.807) is 6.66 Å². The number of hydrogen-bond acceptors (Lipinski definition) is 3. The molecule has 11 heavy (non-hydrogen) atoms. The highest BCUT2D eigenvalue weighted by molar-refractivity contribution is 8.56. The van der Waals surface area contributed by atoms with Gasteiger partial charge in [0.05, 0.1) is 12.0 Å². The molecule has 62 valence electrons. The molecule has 0 amide bonds. The molecule has 2 atom stereocenters. The standard InChI is InChI=1S/C7H11O2PS/c1-4-7(2)5-9-10(3,8)11-6-7/h1H,5-6H2,2-3H3. The van der Waals surface area contributed by atoms with Gasteiger partial charge in [-0.25, -0.2) is 0 Å². The van der Waals surface area contributed by atoms with E-state index >= 15 is 0 Å². The monoisotopic (exact) mass is 190 g/mol. The van der Waals surface area contributed by atoms with Crippen LogP contribution in [0.3, 0.4) is 0 Å². The summed E-state index contributed by atoms with van der Waals surface area (Å²) < 4.78 is 16.5. The first kappa shape index (κ1) is 9.19. The minimum Gasteiger partial charge on any atom is -0.320 e. The average molecular weight is 190 g/mol. The maximum Gasteiger partial charge on any atom is 0.254 e. The van der Waals surface area contributed by atoms with Crippen LogP contribution in [0.2, 0.25) is 0 Å². The molecule has 1 aliphatic heterocycles. The summed E-state index contributed by atoms with van der Waals surface area (Å²) in [5.74, 6) is 3.38. The predicted octanol–water partition coefficient (Wildman–Crippen LogP) is 2.21. The second-order valence-electron chi connectivity index (χ2n) is 3.02. The Hall–Kier alpha value is 0.100. The van der Waals surface area contributed by atoms with E-state index in [4.69, 9.17) is 10.9 Å². The Balaban J connectivity index is 2.64. The third-order valence-corrected chi connectivity index (χ3v) is 5.53. The molecule has 0 aromatic heterocycles. The first-order valence-electron chi connectivity index (χ1n) is 3.32. The summed E-state index contributed by atoms with van der Waals surface area (Å²) in [6.07, 6.45) is 5.29. The average Bonchev–Trinajstić information content (AvgIpc) is 1.97. The normalized spacial score (nSPS) is 44.8. The number of hydrogen-bond donors (Lipinski definition) is 0. The fraction of sp³-hybridized carbons (Fsp3) is 0.714. The van der Waals surface area contributed by atoms with Crippen LogP contribution >= 0.6 is 18.0 Å². The largest absolute Gasteiger partial charge is 0.320 e. The molecule has 1 fully saturated rings. The third kappa shape index (κ3) is 2.27. The van der Waals surface area contributed by atoms with Gasteiger partial charge in [-0.2, -0.15) is 0 Å². The number of terminal acetylenes is 1. The van der Waals surface area contributed by atoms with Crippen LogP contribution in [0.1, 0.15) is 6.92 Å². The lowest BCUT2D eigenvalue weighted by atomic mass is 9.96. The molecule has 1 aliphatic rings. The Labute approximate surface area is 71.3 Å². The zero-order valence-electron chi connectivity index (χ0n) is 6.66. The summed E-state index contributed by atoms with van der Waals surface area (Å²) in [5.41, 5.74) is -0.228. The van der Waals surface area contributed by atoms with Gasteiger partial charge in [-0.3, -0.25) is 4.57 Å². The van der Waals surface area contributed by atoms with Crippen LogP contribution in [0.4, 0.5) is 0 Å². The van der Waals surface area contributed by atoms with Crippen molar-refractivity contribution in [1.82, 2.24) is 0 Å². The van der Waals surface area contributed by atoms with Crippen molar-refractivity contribution in [3.63, 3.8) is 0 Å². The van der Waals surface area contributed by atoms with Crippen molar-refractivity contribution < 1.29 is 9.09 Å². The molecule has 0 aromatic rings. The van der Waals surface area contributed by atoms with Gasteiger partial charge in [0.15, 0.2) is 0 Å². The van der Waals surface area contributed by atoms with Crippen molar-refractivity contribution in [2.24, 2.45) is 5.41 Å². The van der Waals surface area contributed by atoms with Gasteiger partial charge in [0, 0.05) is 12.4 Å². The zero-order chi connectivity index (χ0) is 8.54. The molecule has 0 saturated carbocycles. The highest BCUT2D eigenvalue weighted by Crippen LogP contribution is 2.61. The van der Waals surface area contributed by atoms with Gasteiger partial charge < -0.3 is 4.52 Å². The summed E-state index contributed by atoms with van der Waals surface area (Å²) in [7, 11) is 0. The van der Waals surface area contributed by atoms with Gasteiger partial charge in [0.2, 0.25) is 0 Å². The summed E-state index contributed by atoms with van der Waals surface area (Å²) in [6.45, 7) is 1.64. The van der Waals surface area contributed by atoms with Gasteiger partial charge >= 0.3 is 0 Å². The fourth-order valence-electron chi connectivity index (χ4n) is 0.682. The lowest BCUT2D eigenvalue weighted by molar-refractivity contribution is 0.236. The molecule has 1 rings (SSSR count). The van der Waals surface area contributed by atoms with Gasteiger partial charge in [0.1, 0.15) is 0 Å². The Bertz CT molecular complexity index is 231. The second-order valence-corrected chi connectivity index (χ2v) is 8.14. The van der Waals surface area contributed by atoms with Crippen LogP contribution in [0.5, 0.6) is 0 Å². The topological polar surface area (TPSA) is 26.3 Å². The Morgan fingerprint density at radius 1 is 1.82 bits per heavy atom. The SMILES string of the molecule is C#CC1(C)COP(C)(=O)SC1. The smallest absolute Gasteiger partial charge is 0.254 e. The maximum absolute atomic E-state index is 11.3. The van der Waals surface area contributed by atoms with Crippen LogP contribution in [0, 0.1) is 17.8 Å². The van der Waals surface area contributed by atoms with Crippen LogP contribution < -0.4 is 0 Å². The Morgan fingerprint density at radius 3 is 2.82 bits per heavy atom. The van der Waals surface area contributed by atoms with Crippen LogP contribution in [-0.4, -0.2) is 19.0 Å².